The van der Waals surface area contributed by atoms with Crippen molar-refractivity contribution in [2.24, 2.45) is 0 Å². The highest BCUT2D eigenvalue weighted by Gasteiger charge is 2.01. The fraction of sp³-hybridized carbons (Fsp3) is 0.833. The first-order chi connectivity index (χ1) is 10.7. The van der Waals surface area contributed by atoms with E-state index in [1.165, 1.54) is 0 Å². The topological polar surface area (TPSA) is 77.8 Å². The van der Waals surface area contributed by atoms with E-state index in [4.69, 9.17) is 10.2 Å². The van der Waals surface area contributed by atoms with E-state index >= 15 is 0 Å². The lowest BCUT2D eigenvalue weighted by atomic mass is 10.1. The summed E-state index contributed by atoms with van der Waals surface area (Å²) in [6, 6.07) is 0. The van der Waals surface area contributed by atoms with Gasteiger partial charge in [-0.15, -0.1) is 0 Å². The number of rotatable bonds is 16. The van der Waals surface area contributed by atoms with Gasteiger partial charge in [0.25, 0.3) is 0 Å². The Hall–Kier alpha value is -0.870. The van der Waals surface area contributed by atoms with Crippen LogP contribution >= 0.6 is 0 Å². The molecule has 0 aromatic rings. The SMILES string of the molecule is O=C(O)CCCCCCC/C=C\C[C@H](O)CCCCCCO. The van der Waals surface area contributed by atoms with Crippen molar-refractivity contribution in [1.29, 1.82) is 0 Å². The van der Waals surface area contributed by atoms with E-state index < -0.39 is 5.97 Å². The van der Waals surface area contributed by atoms with Crippen LogP contribution in [0.4, 0.5) is 0 Å². The van der Waals surface area contributed by atoms with Crippen molar-refractivity contribution in [2.45, 2.75) is 89.6 Å². The Morgan fingerprint density at radius 3 is 2.23 bits per heavy atom. The third-order valence-corrected chi connectivity index (χ3v) is 3.78. The number of carbonyl (C=O) groups is 1. The molecule has 0 fully saturated rings. The highest BCUT2D eigenvalue weighted by molar-refractivity contribution is 5.66. The number of aliphatic carboxylic acids is 1. The van der Waals surface area contributed by atoms with Gasteiger partial charge in [0.05, 0.1) is 6.10 Å². The lowest BCUT2D eigenvalue weighted by Crippen LogP contribution is -2.04. The predicted octanol–water partition coefficient (Wildman–Crippen LogP) is 4.05. The molecule has 0 unspecified atom stereocenters. The molecule has 0 aromatic heterocycles. The van der Waals surface area contributed by atoms with Gasteiger partial charge >= 0.3 is 5.97 Å². The Morgan fingerprint density at radius 2 is 1.50 bits per heavy atom. The van der Waals surface area contributed by atoms with E-state index in [-0.39, 0.29) is 19.1 Å². The van der Waals surface area contributed by atoms with Crippen LogP contribution in [0.25, 0.3) is 0 Å². The largest absolute Gasteiger partial charge is 0.481 e. The molecule has 130 valence electrons. The van der Waals surface area contributed by atoms with Gasteiger partial charge in [-0.3, -0.25) is 4.79 Å². The quantitative estimate of drug-likeness (QED) is 0.297. The number of carboxylic acids is 1. The predicted molar refractivity (Wildman–Crippen MR) is 89.9 cm³/mol. The molecular weight excluding hydrogens is 280 g/mol. The van der Waals surface area contributed by atoms with Gasteiger partial charge in [0, 0.05) is 13.0 Å². The fourth-order valence-electron chi connectivity index (χ4n) is 2.40. The minimum absolute atomic E-state index is 0.235. The average molecular weight is 314 g/mol. The number of unbranched alkanes of at least 4 members (excludes halogenated alkanes) is 8. The van der Waals surface area contributed by atoms with Gasteiger partial charge in [-0.05, 0) is 38.5 Å². The first kappa shape index (κ1) is 21.1. The Labute approximate surface area is 135 Å². The molecule has 1 atom stereocenters. The summed E-state index contributed by atoms with van der Waals surface area (Å²) in [6.07, 6.45) is 16.1. The molecule has 0 aromatic carbocycles. The minimum Gasteiger partial charge on any atom is -0.481 e. The summed E-state index contributed by atoms with van der Waals surface area (Å²) in [7, 11) is 0. The molecule has 0 heterocycles. The van der Waals surface area contributed by atoms with Crippen LogP contribution < -0.4 is 0 Å². The zero-order valence-corrected chi connectivity index (χ0v) is 13.9. The van der Waals surface area contributed by atoms with Crippen molar-refractivity contribution in [3.8, 4) is 0 Å². The number of allylic oxidation sites excluding steroid dienone is 1. The molecule has 0 amide bonds. The van der Waals surface area contributed by atoms with E-state index in [9.17, 15) is 9.90 Å². The normalized spacial score (nSPS) is 12.8. The molecule has 0 aliphatic rings. The lowest BCUT2D eigenvalue weighted by molar-refractivity contribution is -0.137. The molecule has 0 aliphatic carbocycles. The highest BCUT2D eigenvalue weighted by atomic mass is 16.4. The molecule has 0 bridgehead atoms. The molecule has 0 spiro atoms. The van der Waals surface area contributed by atoms with Gasteiger partial charge in [-0.2, -0.15) is 0 Å². The van der Waals surface area contributed by atoms with Gasteiger partial charge in [-0.1, -0.05) is 50.7 Å². The van der Waals surface area contributed by atoms with Gasteiger partial charge in [-0.25, -0.2) is 0 Å². The smallest absolute Gasteiger partial charge is 0.303 e. The van der Waals surface area contributed by atoms with E-state index in [2.05, 4.69) is 12.2 Å². The van der Waals surface area contributed by atoms with Gasteiger partial charge in [0.2, 0.25) is 0 Å². The van der Waals surface area contributed by atoms with Crippen molar-refractivity contribution in [3.05, 3.63) is 12.2 Å². The summed E-state index contributed by atoms with van der Waals surface area (Å²) in [5.74, 6) is -0.699. The van der Waals surface area contributed by atoms with Crippen molar-refractivity contribution < 1.29 is 20.1 Å². The molecule has 0 saturated heterocycles. The number of aliphatic hydroxyl groups excluding tert-OH is 2. The zero-order chi connectivity index (χ0) is 16.5. The molecule has 4 nitrogen and oxygen atoms in total. The number of hydrogen-bond donors (Lipinski definition) is 3. The minimum atomic E-state index is -0.699. The Bertz CT molecular complexity index is 276. The maximum atomic E-state index is 10.3. The maximum Gasteiger partial charge on any atom is 0.303 e. The van der Waals surface area contributed by atoms with E-state index in [0.717, 1.165) is 77.0 Å². The van der Waals surface area contributed by atoms with Gasteiger partial charge in [0.15, 0.2) is 0 Å². The molecular formula is C18H34O4. The summed E-state index contributed by atoms with van der Waals surface area (Å²) in [5.41, 5.74) is 0. The molecule has 22 heavy (non-hydrogen) atoms. The van der Waals surface area contributed by atoms with E-state index in [1.807, 2.05) is 0 Å². The summed E-state index contributed by atoms with van der Waals surface area (Å²) >= 11 is 0. The molecule has 3 N–H and O–H groups in total. The lowest BCUT2D eigenvalue weighted by Gasteiger charge is -2.07. The Kier molecular flexibility index (Phi) is 15.8. The number of hydrogen-bond acceptors (Lipinski definition) is 3. The zero-order valence-electron chi connectivity index (χ0n) is 13.9. The summed E-state index contributed by atoms with van der Waals surface area (Å²) in [6.45, 7) is 0.269. The van der Waals surface area contributed by atoms with Crippen LogP contribution in [0, 0.1) is 0 Å². The summed E-state index contributed by atoms with van der Waals surface area (Å²) < 4.78 is 0. The molecule has 4 heteroatoms. The second-order valence-corrected chi connectivity index (χ2v) is 5.99. The number of carboxylic acid groups (broad SMARTS) is 1. The van der Waals surface area contributed by atoms with E-state index in [1.54, 1.807) is 0 Å². The third-order valence-electron chi connectivity index (χ3n) is 3.78. The molecule has 0 aliphatic heterocycles. The second-order valence-electron chi connectivity index (χ2n) is 5.99. The number of aliphatic hydroxyl groups is 2. The van der Waals surface area contributed by atoms with Crippen LogP contribution in [0.2, 0.25) is 0 Å². The first-order valence-electron chi connectivity index (χ1n) is 8.82. The first-order valence-corrected chi connectivity index (χ1v) is 8.82. The van der Waals surface area contributed by atoms with Crippen molar-refractivity contribution >= 4 is 5.97 Å². The molecule has 0 radical (unpaired) electrons. The highest BCUT2D eigenvalue weighted by Crippen LogP contribution is 2.10. The molecule has 0 saturated carbocycles. The van der Waals surface area contributed by atoms with Crippen molar-refractivity contribution in [1.82, 2.24) is 0 Å². The van der Waals surface area contributed by atoms with Crippen LogP contribution in [0.5, 0.6) is 0 Å². The third kappa shape index (κ3) is 17.2. The van der Waals surface area contributed by atoms with Crippen molar-refractivity contribution in [3.63, 3.8) is 0 Å². The molecule has 0 rings (SSSR count). The Morgan fingerprint density at radius 1 is 0.864 bits per heavy atom. The van der Waals surface area contributed by atoms with Crippen molar-refractivity contribution in [2.75, 3.05) is 6.61 Å². The van der Waals surface area contributed by atoms with Crippen LogP contribution in [0.15, 0.2) is 12.2 Å². The van der Waals surface area contributed by atoms with Gasteiger partial charge in [0.1, 0.15) is 0 Å². The standard InChI is InChI=1S/C18H34O4/c19-16-12-8-7-10-14-17(20)13-9-5-3-1-2-4-6-11-15-18(21)22/h5,9,17,19-20H,1-4,6-8,10-16H2,(H,21,22)/b9-5-/t17-/m0/s1. The summed E-state index contributed by atoms with van der Waals surface area (Å²) in [5, 5.41) is 27.0. The summed E-state index contributed by atoms with van der Waals surface area (Å²) in [4.78, 5) is 10.3. The van der Waals surface area contributed by atoms with Crippen LogP contribution in [0.1, 0.15) is 83.5 Å². The van der Waals surface area contributed by atoms with Crippen LogP contribution in [-0.2, 0) is 4.79 Å². The monoisotopic (exact) mass is 314 g/mol. The van der Waals surface area contributed by atoms with Crippen LogP contribution in [0.3, 0.4) is 0 Å². The van der Waals surface area contributed by atoms with E-state index in [0.29, 0.717) is 0 Å². The Balaban J connectivity index is 3.26. The average Bonchev–Trinajstić information content (AvgIpc) is 2.48. The van der Waals surface area contributed by atoms with Crippen LogP contribution in [-0.4, -0.2) is 34.0 Å². The fourth-order valence-corrected chi connectivity index (χ4v) is 2.40. The van der Waals surface area contributed by atoms with Gasteiger partial charge < -0.3 is 15.3 Å². The maximum absolute atomic E-state index is 10.3. The second kappa shape index (κ2) is 16.5.